The zero-order valence-corrected chi connectivity index (χ0v) is 21.1. The molecule has 1 fully saturated rings. The van der Waals surface area contributed by atoms with Crippen molar-refractivity contribution < 1.29 is 44.5 Å². The number of aromatic nitrogens is 1. The molecule has 3 aliphatic rings. The number of carbonyl (C=O) groups excluding carboxylic acids is 1. The zero-order valence-electron chi connectivity index (χ0n) is 21.1. The van der Waals surface area contributed by atoms with Crippen LogP contribution in [-0.4, -0.2) is 99.0 Å². The molecule has 38 heavy (non-hydrogen) atoms. The van der Waals surface area contributed by atoms with Gasteiger partial charge in [-0.3, -0.25) is 0 Å². The van der Waals surface area contributed by atoms with E-state index in [4.69, 9.17) is 14.2 Å². The number of aromatic amines is 1. The van der Waals surface area contributed by atoms with Crippen molar-refractivity contribution in [3.05, 3.63) is 53.9 Å². The van der Waals surface area contributed by atoms with Crippen LogP contribution in [0.5, 0.6) is 5.75 Å². The van der Waals surface area contributed by atoms with E-state index in [0.717, 1.165) is 22.2 Å². The van der Waals surface area contributed by atoms with Crippen LogP contribution in [0, 0.1) is 11.8 Å². The van der Waals surface area contributed by atoms with Crippen molar-refractivity contribution in [3.8, 4) is 5.75 Å². The third kappa shape index (κ3) is 4.39. The molecule has 8 atom stereocenters. The molecule has 206 valence electrons. The number of benzene rings is 1. The van der Waals surface area contributed by atoms with Gasteiger partial charge >= 0.3 is 5.97 Å². The van der Waals surface area contributed by atoms with Crippen LogP contribution in [0.25, 0.3) is 10.9 Å². The van der Waals surface area contributed by atoms with Crippen LogP contribution in [0.3, 0.4) is 0 Å². The highest BCUT2D eigenvalue weighted by Crippen LogP contribution is 2.46. The molecule has 1 unspecified atom stereocenters. The van der Waals surface area contributed by atoms with Crippen molar-refractivity contribution in [2.75, 3.05) is 26.9 Å². The van der Waals surface area contributed by atoms with Crippen LogP contribution >= 0.6 is 0 Å². The lowest BCUT2D eigenvalue weighted by Crippen LogP contribution is -2.60. The number of aliphatic hydroxyl groups excluding tert-OH is 5. The van der Waals surface area contributed by atoms with Crippen LogP contribution in [0.1, 0.15) is 23.7 Å². The quantitative estimate of drug-likeness (QED) is 0.214. The summed E-state index contributed by atoms with van der Waals surface area (Å²) >= 11 is 0. The van der Waals surface area contributed by atoms with E-state index in [1.54, 1.807) is 18.2 Å². The van der Waals surface area contributed by atoms with Gasteiger partial charge in [0.05, 0.1) is 25.3 Å². The summed E-state index contributed by atoms with van der Waals surface area (Å²) in [6.07, 6.45) is -2.23. The molecule has 0 aliphatic carbocycles. The number of nitrogens with one attached hydrogen (secondary N) is 1. The maximum absolute atomic E-state index is 12.6. The summed E-state index contributed by atoms with van der Waals surface area (Å²) in [6.45, 7) is 3.78. The molecule has 11 heteroatoms. The van der Waals surface area contributed by atoms with Gasteiger partial charge in [-0.2, -0.15) is 0 Å². The molecule has 4 heterocycles. The normalized spacial score (nSPS) is 31.7. The SMILES string of the molecule is C=C[C@@H](CO)C1C[C@H]2c3[nH]c4cccc(O[C@@H]5O[C@H](CO)[C@@H](O)[C@H](O)[C@H]5O)c4c3CCN2C=C1C(=O)OC. The number of rotatable bonds is 7. The zero-order chi connectivity index (χ0) is 27.1. The molecule has 1 aromatic heterocycles. The minimum Gasteiger partial charge on any atom is -0.466 e. The topological polar surface area (TPSA) is 165 Å². The van der Waals surface area contributed by atoms with Gasteiger partial charge in [-0.25, -0.2) is 4.79 Å². The number of H-pyrrole nitrogens is 1. The Morgan fingerprint density at radius 2 is 2.05 bits per heavy atom. The maximum atomic E-state index is 12.6. The van der Waals surface area contributed by atoms with Crippen molar-refractivity contribution in [2.45, 2.75) is 49.6 Å². The van der Waals surface area contributed by atoms with Gasteiger partial charge in [-0.1, -0.05) is 12.1 Å². The smallest absolute Gasteiger partial charge is 0.335 e. The van der Waals surface area contributed by atoms with Crippen LogP contribution in [0.15, 0.2) is 42.6 Å². The van der Waals surface area contributed by atoms with Gasteiger partial charge < -0.3 is 49.6 Å². The van der Waals surface area contributed by atoms with E-state index in [1.165, 1.54) is 7.11 Å². The number of esters is 1. The fourth-order valence-corrected chi connectivity index (χ4v) is 5.94. The second-order valence-corrected chi connectivity index (χ2v) is 10.0. The molecular weight excluding hydrogens is 496 g/mol. The Balaban J connectivity index is 1.51. The number of nitrogens with zero attached hydrogens (tertiary/aromatic N) is 1. The highest BCUT2D eigenvalue weighted by atomic mass is 16.7. The van der Waals surface area contributed by atoms with E-state index in [9.17, 15) is 30.3 Å². The molecule has 0 saturated carbocycles. The van der Waals surface area contributed by atoms with E-state index in [2.05, 4.69) is 16.5 Å². The van der Waals surface area contributed by atoms with Gasteiger partial charge in [0.15, 0.2) is 0 Å². The molecule has 0 radical (unpaired) electrons. The maximum Gasteiger partial charge on any atom is 0.335 e. The van der Waals surface area contributed by atoms with Gasteiger partial charge in [-0.15, -0.1) is 6.58 Å². The number of hydrogen-bond acceptors (Lipinski definition) is 10. The van der Waals surface area contributed by atoms with E-state index < -0.39 is 43.3 Å². The van der Waals surface area contributed by atoms with Crippen molar-refractivity contribution in [1.29, 1.82) is 0 Å². The first-order valence-corrected chi connectivity index (χ1v) is 12.7. The third-order valence-corrected chi connectivity index (χ3v) is 8.00. The van der Waals surface area contributed by atoms with E-state index in [1.807, 2.05) is 12.3 Å². The Morgan fingerprint density at radius 1 is 1.26 bits per heavy atom. The molecule has 6 N–H and O–H groups in total. The molecule has 11 nitrogen and oxygen atoms in total. The Hall–Kier alpha value is -2.93. The number of methoxy groups -OCH3 is 1. The van der Waals surface area contributed by atoms with Crippen LogP contribution < -0.4 is 4.74 Å². The highest BCUT2D eigenvalue weighted by Gasteiger charge is 2.45. The molecule has 1 aromatic carbocycles. The van der Waals surface area contributed by atoms with Crippen LogP contribution in [0.2, 0.25) is 0 Å². The van der Waals surface area contributed by atoms with Crippen molar-refractivity contribution in [1.82, 2.24) is 9.88 Å². The third-order valence-electron chi connectivity index (χ3n) is 8.00. The number of hydrogen-bond donors (Lipinski definition) is 6. The lowest BCUT2D eigenvalue weighted by atomic mass is 9.77. The molecule has 0 spiro atoms. The summed E-state index contributed by atoms with van der Waals surface area (Å²) in [7, 11) is 1.34. The Bertz CT molecular complexity index is 1220. The molecule has 5 rings (SSSR count). The van der Waals surface area contributed by atoms with Gasteiger partial charge in [0.1, 0.15) is 30.2 Å². The fraction of sp³-hybridized carbons (Fsp3) is 0.519. The average molecular weight is 531 g/mol. The fourth-order valence-electron chi connectivity index (χ4n) is 5.94. The number of aliphatic hydroxyl groups is 5. The van der Waals surface area contributed by atoms with Gasteiger partial charge in [0.25, 0.3) is 0 Å². The molecule has 1 saturated heterocycles. The summed E-state index contributed by atoms with van der Waals surface area (Å²) in [5, 5.41) is 51.1. The first-order chi connectivity index (χ1) is 18.3. The van der Waals surface area contributed by atoms with Gasteiger partial charge in [-0.05, 0) is 30.5 Å². The Morgan fingerprint density at radius 3 is 2.74 bits per heavy atom. The second-order valence-electron chi connectivity index (χ2n) is 10.0. The average Bonchev–Trinajstić information content (AvgIpc) is 3.33. The predicted molar refractivity (Wildman–Crippen MR) is 135 cm³/mol. The number of carbonyl (C=O) groups is 1. The predicted octanol–water partition coefficient (Wildman–Crippen LogP) is 0.117. The minimum atomic E-state index is -1.54. The Labute approximate surface area is 219 Å². The van der Waals surface area contributed by atoms with Gasteiger partial charge in [0.2, 0.25) is 6.29 Å². The molecule has 2 aromatic rings. The standard InChI is InChI=1S/C27H34N2O9/c1-3-13(11-30)15-9-18-22-14(7-8-29(18)10-16(15)26(35)36-2)21-17(28-22)5-4-6-19(21)37-27-25(34)24(33)23(32)20(12-31)38-27/h3-6,10,13,15,18,20,23-25,27-28,30-34H,1,7-9,11-12H2,2H3/t13-,15?,18-,20+,23+,24-,25+,27+/m0/s1. The lowest BCUT2D eigenvalue weighted by molar-refractivity contribution is -0.277. The Kier molecular flexibility index (Phi) is 7.49. The van der Waals surface area contributed by atoms with Crippen molar-refractivity contribution in [2.24, 2.45) is 11.8 Å². The van der Waals surface area contributed by atoms with Crippen molar-refractivity contribution >= 4 is 16.9 Å². The van der Waals surface area contributed by atoms with Crippen molar-refractivity contribution in [3.63, 3.8) is 0 Å². The number of fused-ring (bicyclic) bond motifs is 5. The van der Waals surface area contributed by atoms with Crippen LogP contribution in [0.4, 0.5) is 0 Å². The second kappa shape index (κ2) is 10.7. The summed E-state index contributed by atoms with van der Waals surface area (Å²) in [5.41, 5.74) is 3.30. The van der Waals surface area contributed by atoms with Crippen LogP contribution in [-0.2, 0) is 20.7 Å². The lowest BCUT2D eigenvalue weighted by Gasteiger charge is -2.43. The summed E-state index contributed by atoms with van der Waals surface area (Å²) < 4.78 is 16.6. The largest absolute Gasteiger partial charge is 0.466 e. The summed E-state index contributed by atoms with van der Waals surface area (Å²) in [4.78, 5) is 18.2. The minimum absolute atomic E-state index is 0.0985. The van der Waals surface area contributed by atoms with E-state index >= 15 is 0 Å². The number of ether oxygens (including phenoxy) is 3. The monoisotopic (exact) mass is 530 g/mol. The summed E-state index contributed by atoms with van der Waals surface area (Å²) in [5.74, 6) is -0.600. The van der Waals surface area contributed by atoms with E-state index in [0.29, 0.717) is 30.7 Å². The molecule has 0 amide bonds. The first kappa shape index (κ1) is 26.7. The highest BCUT2D eigenvalue weighted by molar-refractivity contribution is 5.91. The van der Waals surface area contributed by atoms with E-state index in [-0.39, 0.29) is 24.5 Å². The molecule has 0 bridgehead atoms. The first-order valence-electron chi connectivity index (χ1n) is 12.7. The molecule has 3 aliphatic heterocycles. The van der Waals surface area contributed by atoms with Gasteiger partial charge in [0, 0.05) is 47.8 Å². The molecular formula is C27H34N2O9. The summed E-state index contributed by atoms with van der Waals surface area (Å²) in [6, 6.07) is 5.34.